The van der Waals surface area contributed by atoms with Crippen LogP contribution in [0.3, 0.4) is 0 Å². The lowest BCUT2D eigenvalue weighted by molar-refractivity contribution is 0.362. The lowest BCUT2D eigenvalue weighted by atomic mass is 9.90. The summed E-state index contributed by atoms with van der Waals surface area (Å²) in [6.07, 6.45) is 2.16. The second-order valence-electron chi connectivity index (χ2n) is 4.61. The van der Waals surface area contributed by atoms with Gasteiger partial charge >= 0.3 is 0 Å². The van der Waals surface area contributed by atoms with Crippen LogP contribution in [0, 0.1) is 0 Å². The van der Waals surface area contributed by atoms with E-state index in [4.69, 9.17) is 4.52 Å². The average molecular weight is 180 g/mol. The van der Waals surface area contributed by atoms with Gasteiger partial charge in [0.25, 0.3) is 0 Å². The van der Waals surface area contributed by atoms with Gasteiger partial charge in [0.2, 0.25) is 0 Å². The highest BCUT2D eigenvalue weighted by atomic mass is 16.5. The first kappa shape index (κ1) is 8.60. The van der Waals surface area contributed by atoms with Crippen LogP contribution in [0.4, 0.5) is 5.69 Å². The van der Waals surface area contributed by atoms with E-state index in [0.717, 1.165) is 36.5 Å². The van der Waals surface area contributed by atoms with Crippen molar-refractivity contribution in [3.05, 3.63) is 11.5 Å². The summed E-state index contributed by atoms with van der Waals surface area (Å²) >= 11 is 0. The standard InChI is InChI=1S/C10H16N2O/c1-10(2,3)9-8-7(13-12-9)5-4-6-11-8/h11H,4-6H2,1-3H3. The van der Waals surface area contributed by atoms with Crippen LogP contribution in [-0.2, 0) is 11.8 Å². The molecule has 3 heteroatoms. The number of anilines is 1. The van der Waals surface area contributed by atoms with Gasteiger partial charge in [-0.3, -0.25) is 0 Å². The van der Waals surface area contributed by atoms with Crippen LogP contribution in [0.5, 0.6) is 0 Å². The van der Waals surface area contributed by atoms with Gasteiger partial charge in [-0.05, 0) is 6.42 Å². The summed E-state index contributed by atoms with van der Waals surface area (Å²) < 4.78 is 5.30. The Morgan fingerprint density at radius 3 is 2.85 bits per heavy atom. The van der Waals surface area contributed by atoms with Crippen molar-refractivity contribution in [1.29, 1.82) is 0 Å². The molecule has 1 N–H and O–H groups in total. The normalized spacial score (nSPS) is 16.5. The minimum absolute atomic E-state index is 0.0709. The topological polar surface area (TPSA) is 38.1 Å². The molecule has 0 aliphatic carbocycles. The highest BCUT2D eigenvalue weighted by molar-refractivity contribution is 5.55. The number of hydrogen-bond acceptors (Lipinski definition) is 3. The molecule has 0 radical (unpaired) electrons. The van der Waals surface area contributed by atoms with Crippen LogP contribution in [0.1, 0.15) is 38.6 Å². The zero-order valence-corrected chi connectivity index (χ0v) is 8.48. The summed E-state index contributed by atoms with van der Waals surface area (Å²) in [6.45, 7) is 7.50. The average Bonchev–Trinajstić information content (AvgIpc) is 2.45. The third-order valence-corrected chi connectivity index (χ3v) is 2.36. The van der Waals surface area contributed by atoms with Crippen LogP contribution >= 0.6 is 0 Å². The van der Waals surface area contributed by atoms with E-state index in [1.807, 2.05) is 0 Å². The number of rotatable bonds is 0. The lowest BCUT2D eigenvalue weighted by Crippen LogP contribution is -2.17. The first-order chi connectivity index (χ1) is 6.09. The molecule has 13 heavy (non-hydrogen) atoms. The van der Waals surface area contributed by atoms with E-state index in [9.17, 15) is 0 Å². The first-order valence-corrected chi connectivity index (χ1v) is 4.82. The highest BCUT2D eigenvalue weighted by Crippen LogP contribution is 2.33. The molecule has 0 amide bonds. The minimum atomic E-state index is 0.0709. The maximum absolute atomic E-state index is 5.30. The molecule has 0 aromatic carbocycles. The molecule has 1 aliphatic rings. The summed E-state index contributed by atoms with van der Waals surface area (Å²) in [6, 6.07) is 0. The van der Waals surface area contributed by atoms with Crippen molar-refractivity contribution >= 4 is 5.69 Å². The molecule has 2 heterocycles. The van der Waals surface area contributed by atoms with E-state index in [1.54, 1.807) is 0 Å². The molecule has 0 atom stereocenters. The van der Waals surface area contributed by atoms with Crippen LogP contribution in [-0.4, -0.2) is 11.7 Å². The Kier molecular flexibility index (Phi) is 1.82. The van der Waals surface area contributed by atoms with Crippen molar-refractivity contribution in [2.24, 2.45) is 0 Å². The molecule has 0 spiro atoms. The second kappa shape index (κ2) is 2.76. The predicted octanol–water partition coefficient (Wildman–Crippen LogP) is 2.33. The number of nitrogens with zero attached hydrogens (tertiary/aromatic N) is 1. The van der Waals surface area contributed by atoms with Crippen LogP contribution in [0.2, 0.25) is 0 Å². The van der Waals surface area contributed by atoms with Crippen molar-refractivity contribution in [1.82, 2.24) is 5.16 Å². The monoisotopic (exact) mass is 180 g/mol. The minimum Gasteiger partial charge on any atom is -0.381 e. The van der Waals surface area contributed by atoms with Crippen LogP contribution in [0.15, 0.2) is 4.52 Å². The maximum Gasteiger partial charge on any atom is 0.160 e. The molecule has 1 aromatic heterocycles. The second-order valence-corrected chi connectivity index (χ2v) is 4.61. The summed E-state index contributed by atoms with van der Waals surface area (Å²) in [5, 5.41) is 7.49. The fourth-order valence-corrected chi connectivity index (χ4v) is 1.65. The molecule has 1 aromatic rings. The lowest BCUT2D eigenvalue weighted by Gasteiger charge is -2.19. The Balaban J connectivity index is 2.43. The van der Waals surface area contributed by atoms with Gasteiger partial charge in [0.1, 0.15) is 11.4 Å². The van der Waals surface area contributed by atoms with Gasteiger partial charge in [-0.1, -0.05) is 25.9 Å². The molecular formula is C10H16N2O. The number of hydrogen-bond donors (Lipinski definition) is 1. The molecule has 2 rings (SSSR count). The van der Waals surface area contributed by atoms with Crippen LogP contribution < -0.4 is 5.32 Å². The zero-order valence-electron chi connectivity index (χ0n) is 8.48. The number of aryl methyl sites for hydroxylation is 1. The Morgan fingerprint density at radius 2 is 2.15 bits per heavy atom. The number of aromatic nitrogens is 1. The van der Waals surface area contributed by atoms with E-state index in [1.165, 1.54) is 0 Å². The highest BCUT2D eigenvalue weighted by Gasteiger charge is 2.27. The van der Waals surface area contributed by atoms with E-state index in [2.05, 4.69) is 31.2 Å². The predicted molar refractivity (Wildman–Crippen MR) is 52.0 cm³/mol. The Labute approximate surface area is 78.5 Å². The van der Waals surface area contributed by atoms with Gasteiger partial charge < -0.3 is 9.84 Å². The van der Waals surface area contributed by atoms with E-state index in [0.29, 0.717) is 0 Å². The van der Waals surface area contributed by atoms with E-state index >= 15 is 0 Å². The van der Waals surface area contributed by atoms with E-state index in [-0.39, 0.29) is 5.41 Å². The fourth-order valence-electron chi connectivity index (χ4n) is 1.65. The molecule has 0 fully saturated rings. The van der Waals surface area contributed by atoms with Crippen molar-refractivity contribution in [3.8, 4) is 0 Å². The molecule has 0 bridgehead atoms. The summed E-state index contributed by atoms with van der Waals surface area (Å²) in [7, 11) is 0. The Morgan fingerprint density at radius 1 is 1.38 bits per heavy atom. The molecule has 0 saturated carbocycles. The van der Waals surface area contributed by atoms with Gasteiger partial charge in [0, 0.05) is 18.4 Å². The fraction of sp³-hybridized carbons (Fsp3) is 0.700. The quantitative estimate of drug-likeness (QED) is 0.666. The summed E-state index contributed by atoms with van der Waals surface area (Å²) in [5.74, 6) is 1.02. The Hall–Kier alpha value is -0.990. The molecule has 72 valence electrons. The van der Waals surface area contributed by atoms with Crippen molar-refractivity contribution in [2.45, 2.75) is 39.0 Å². The summed E-state index contributed by atoms with van der Waals surface area (Å²) in [5.41, 5.74) is 2.27. The maximum atomic E-state index is 5.30. The van der Waals surface area contributed by atoms with Crippen molar-refractivity contribution in [2.75, 3.05) is 11.9 Å². The number of nitrogens with one attached hydrogen (secondary N) is 1. The largest absolute Gasteiger partial charge is 0.381 e. The number of fused-ring (bicyclic) bond motifs is 1. The third-order valence-electron chi connectivity index (χ3n) is 2.36. The van der Waals surface area contributed by atoms with Gasteiger partial charge in [0.05, 0.1) is 0 Å². The van der Waals surface area contributed by atoms with Gasteiger partial charge in [0.15, 0.2) is 5.76 Å². The third kappa shape index (κ3) is 1.43. The van der Waals surface area contributed by atoms with Crippen LogP contribution in [0.25, 0.3) is 0 Å². The molecule has 1 aliphatic heterocycles. The van der Waals surface area contributed by atoms with Crippen molar-refractivity contribution in [3.63, 3.8) is 0 Å². The Bertz CT molecular complexity index is 309. The SMILES string of the molecule is CC(C)(C)c1noc2c1NCCC2. The summed E-state index contributed by atoms with van der Waals surface area (Å²) in [4.78, 5) is 0. The molecule has 0 saturated heterocycles. The van der Waals surface area contributed by atoms with Gasteiger partial charge in [-0.25, -0.2) is 0 Å². The smallest absolute Gasteiger partial charge is 0.160 e. The molecule has 0 unspecified atom stereocenters. The first-order valence-electron chi connectivity index (χ1n) is 4.82. The van der Waals surface area contributed by atoms with Gasteiger partial charge in [-0.15, -0.1) is 0 Å². The molecular weight excluding hydrogens is 164 g/mol. The van der Waals surface area contributed by atoms with E-state index < -0.39 is 0 Å². The zero-order chi connectivity index (χ0) is 9.47. The molecule has 3 nitrogen and oxygen atoms in total. The van der Waals surface area contributed by atoms with Gasteiger partial charge in [-0.2, -0.15) is 0 Å². The van der Waals surface area contributed by atoms with Crippen molar-refractivity contribution < 1.29 is 4.52 Å².